The number of aliphatic hydroxyl groups excluding tert-OH is 1. The minimum absolute atomic E-state index is 0.0431. The summed E-state index contributed by atoms with van der Waals surface area (Å²) in [5, 5.41) is 14.9. The van der Waals surface area contributed by atoms with Gasteiger partial charge in [0, 0.05) is 12.2 Å². The van der Waals surface area contributed by atoms with Crippen molar-refractivity contribution < 1.29 is 18.7 Å². The fourth-order valence-electron chi connectivity index (χ4n) is 1.96. The van der Waals surface area contributed by atoms with Crippen LogP contribution in [-0.2, 0) is 0 Å². The van der Waals surface area contributed by atoms with Gasteiger partial charge in [0.25, 0.3) is 0 Å². The Balaban J connectivity index is 1.91. The molecule has 0 radical (unpaired) electrons. The van der Waals surface area contributed by atoms with Crippen LogP contribution >= 0.6 is 11.6 Å². The highest BCUT2D eigenvalue weighted by Crippen LogP contribution is 2.20. The molecule has 0 aliphatic heterocycles. The highest BCUT2D eigenvalue weighted by molar-refractivity contribution is 6.30. The summed E-state index contributed by atoms with van der Waals surface area (Å²) >= 11 is 5.57. The van der Waals surface area contributed by atoms with Gasteiger partial charge in [-0.05, 0) is 48.4 Å². The molecular weight excluding hydrogens is 326 g/mol. The Bertz CT molecular complexity index is 725. The molecule has 0 aliphatic rings. The number of carbonyl (C=O) groups excluding carboxylic acids is 1. The van der Waals surface area contributed by atoms with Gasteiger partial charge in [-0.1, -0.05) is 17.7 Å². The summed E-state index contributed by atoms with van der Waals surface area (Å²) in [6.07, 6.45) is -1.08. The Kier molecular flexibility index (Phi) is 5.52. The summed E-state index contributed by atoms with van der Waals surface area (Å²) in [5.74, 6) is -1.04. The van der Waals surface area contributed by atoms with Gasteiger partial charge in [0.1, 0.15) is 11.6 Å². The fourth-order valence-corrected chi connectivity index (χ4v) is 2.08. The number of aliphatic hydroxyl groups is 1. The number of aryl methyl sites for hydroxylation is 1. The Morgan fingerprint density at radius 2 is 2.00 bits per heavy atom. The van der Waals surface area contributed by atoms with Crippen LogP contribution in [0.2, 0.25) is 5.02 Å². The van der Waals surface area contributed by atoms with E-state index in [1.54, 1.807) is 6.92 Å². The number of rotatable bonds is 4. The van der Waals surface area contributed by atoms with E-state index in [2.05, 4.69) is 10.6 Å². The molecule has 1 unspecified atom stereocenters. The molecule has 4 nitrogen and oxygen atoms in total. The molecule has 0 aromatic heterocycles. The molecule has 7 heteroatoms. The van der Waals surface area contributed by atoms with Gasteiger partial charge in [0.05, 0.1) is 11.1 Å². The molecule has 122 valence electrons. The van der Waals surface area contributed by atoms with Crippen molar-refractivity contribution in [1.29, 1.82) is 0 Å². The Morgan fingerprint density at radius 3 is 2.65 bits per heavy atom. The summed E-state index contributed by atoms with van der Waals surface area (Å²) in [6, 6.07) is 7.31. The SMILES string of the molecule is Cc1cc(F)ccc1NC(=O)NCC(O)c1ccc(Cl)c(F)c1. The molecule has 0 saturated carbocycles. The molecule has 23 heavy (non-hydrogen) atoms. The number of halogens is 3. The number of anilines is 1. The van der Waals surface area contributed by atoms with Crippen LogP contribution in [0.5, 0.6) is 0 Å². The van der Waals surface area contributed by atoms with Crippen molar-refractivity contribution >= 4 is 23.3 Å². The molecule has 0 saturated heterocycles. The third kappa shape index (κ3) is 4.64. The zero-order chi connectivity index (χ0) is 17.0. The minimum atomic E-state index is -1.08. The smallest absolute Gasteiger partial charge is 0.319 e. The molecule has 0 heterocycles. The first kappa shape index (κ1) is 17.2. The van der Waals surface area contributed by atoms with E-state index >= 15 is 0 Å². The number of hydrogen-bond donors (Lipinski definition) is 3. The Morgan fingerprint density at radius 1 is 1.26 bits per heavy atom. The molecule has 2 aromatic carbocycles. The lowest BCUT2D eigenvalue weighted by atomic mass is 10.1. The third-order valence-electron chi connectivity index (χ3n) is 3.22. The third-order valence-corrected chi connectivity index (χ3v) is 3.53. The number of hydrogen-bond acceptors (Lipinski definition) is 2. The van der Waals surface area contributed by atoms with E-state index in [4.69, 9.17) is 11.6 Å². The molecule has 0 aliphatic carbocycles. The lowest BCUT2D eigenvalue weighted by Gasteiger charge is -2.14. The summed E-state index contributed by atoms with van der Waals surface area (Å²) in [4.78, 5) is 11.8. The molecular formula is C16H15ClF2N2O2. The zero-order valence-electron chi connectivity index (χ0n) is 12.2. The van der Waals surface area contributed by atoms with E-state index in [0.717, 1.165) is 6.07 Å². The van der Waals surface area contributed by atoms with Crippen LogP contribution in [0.15, 0.2) is 36.4 Å². The van der Waals surface area contributed by atoms with Crippen molar-refractivity contribution in [3.63, 3.8) is 0 Å². The molecule has 1 atom stereocenters. The topological polar surface area (TPSA) is 61.4 Å². The largest absolute Gasteiger partial charge is 0.387 e. The van der Waals surface area contributed by atoms with Crippen LogP contribution in [0.4, 0.5) is 19.3 Å². The van der Waals surface area contributed by atoms with Gasteiger partial charge in [0.2, 0.25) is 0 Å². The average Bonchev–Trinajstić information content (AvgIpc) is 2.50. The Hall–Kier alpha value is -2.18. The maximum Gasteiger partial charge on any atom is 0.319 e. The van der Waals surface area contributed by atoms with E-state index in [-0.39, 0.29) is 11.6 Å². The first-order valence-electron chi connectivity index (χ1n) is 6.81. The molecule has 2 amide bonds. The van der Waals surface area contributed by atoms with E-state index in [0.29, 0.717) is 16.8 Å². The minimum Gasteiger partial charge on any atom is -0.387 e. The van der Waals surface area contributed by atoms with E-state index in [1.807, 2.05) is 0 Å². The summed E-state index contributed by atoms with van der Waals surface area (Å²) in [6.45, 7) is 1.54. The second-order valence-corrected chi connectivity index (χ2v) is 5.39. The summed E-state index contributed by atoms with van der Waals surface area (Å²) < 4.78 is 26.3. The van der Waals surface area contributed by atoms with Gasteiger partial charge in [-0.15, -0.1) is 0 Å². The van der Waals surface area contributed by atoms with Crippen molar-refractivity contribution in [3.8, 4) is 0 Å². The van der Waals surface area contributed by atoms with Gasteiger partial charge >= 0.3 is 6.03 Å². The monoisotopic (exact) mass is 340 g/mol. The highest BCUT2D eigenvalue weighted by Gasteiger charge is 2.12. The second-order valence-electron chi connectivity index (χ2n) is 4.98. The van der Waals surface area contributed by atoms with E-state index < -0.39 is 23.8 Å². The highest BCUT2D eigenvalue weighted by atomic mass is 35.5. The van der Waals surface area contributed by atoms with Crippen molar-refractivity contribution in [2.24, 2.45) is 0 Å². The predicted octanol–water partition coefficient (Wildman–Crippen LogP) is 3.78. The average molecular weight is 341 g/mol. The van der Waals surface area contributed by atoms with E-state index in [9.17, 15) is 18.7 Å². The maximum atomic E-state index is 13.3. The molecule has 2 aromatic rings. The lowest BCUT2D eigenvalue weighted by Crippen LogP contribution is -2.32. The number of nitrogens with one attached hydrogen (secondary N) is 2. The van der Waals surface area contributed by atoms with Crippen LogP contribution < -0.4 is 10.6 Å². The van der Waals surface area contributed by atoms with Gasteiger partial charge in [-0.2, -0.15) is 0 Å². The van der Waals surface area contributed by atoms with Crippen LogP contribution in [0.25, 0.3) is 0 Å². The zero-order valence-corrected chi connectivity index (χ0v) is 13.0. The lowest BCUT2D eigenvalue weighted by molar-refractivity contribution is 0.174. The molecule has 3 N–H and O–H groups in total. The van der Waals surface area contributed by atoms with Gasteiger partial charge in [-0.3, -0.25) is 0 Å². The quantitative estimate of drug-likeness (QED) is 0.793. The van der Waals surface area contributed by atoms with Gasteiger partial charge in [-0.25, -0.2) is 13.6 Å². The van der Waals surface area contributed by atoms with Crippen molar-refractivity contribution in [2.75, 3.05) is 11.9 Å². The van der Waals surface area contributed by atoms with E-state index in [1.165, 1.54) is 30.3 Å². The van der Waals surface area contributed by atoms with Crippen LogP contribution in [-0.4, -0.2) is 17.7 Å². The van der Waals surface area contributed by atoms with Crippen LogP contribution in [0.3, 0.4) is 0 Å². The molecule has 2 rings (SSSR count). The molecule has 0 fully saturated rings. The number of amides is 2. The fraction of sp³-hybridized carbons (Fsp3) is 0.188. The van der Waals surface area contributed by atoms with Crippen LogP contribution in [0, 0.1) is 18.6 Å². The van der Waals surface area contributed by atoms with Gasteiger partial charge in [0.15, 0.2) is 0 Å². The normalized spacial score (nSPS) is 11.9. The van der Waals surface area contributed by atoms with Crippen LogP contribution in [0.1, 0.15) is 17.2 Å². The maximum absolute atomic E-state index is 13.3. The first-order chi connectivity index (χ1) is 10.9. The van der Waals surface area contributed by atoms with Crippen molar-refractivity contribution in [2.45, 2.75) is 13.0 Å². The predicted molar refractivity (Wildman–Crippen MR) is 84.5 cm³/mol. The van der Waals surface area contributed by atoms with Crippen molar-refractivity contribution in [3.05, 3.63) is 64.2 Å². The summed E-state index contributed by atoms with van der Waals surface area (Å²) in [5.41, 5.74) is 1.32. The number of carbonyl (C=O) groups is 1. The number of urea groups is 1. The van der Waals surface area contributed by atoms with Crippen molar-refractivity contribution in [1.82, 2.24) is 5.32 Å². The second kappa shape index (κ2) is 7.39. The molecule has 0 bridgehead atoms. The van der Waals surface area contributed by atoms with Gasteiger partial charge < -0.3 is 15.7 Å². The summed E-state index contributed by atoms with van der Waals surface area (Å²) in [7, 11) is 0. The Labute approximate surface area is 137 Å². The molecule has 0 spiro atoms. The first-order valence-corrected chi connectivity index (χ1v) is 7.18. The standard InChI is InChI=1S/C16H15ClF2N2O2/c1-9-6-11(18)3-5-14(9)21-16(23)20-8-15(22)10-2-4-12(17)13(19)7-10/h2-7,15,22H,8H2,1H3,(H2,20,21,23). The number of benzene rings is 2.